The molecule has 1 N–H and O–H groups in total. The third-order valence-corrected chi connectivity index (χ3v) is 7.00. The van der Waals surface area contributed by atoms with Gasteiger partial charge in [-0.3, -0.25) is 4.79 Å². The van der Waals surface area contributed by atoms with Gasteiger partial charge in [0.25, 0.3) is 5.91 Å². The fraction of sp³-hybridized carbons (Fsp3) is 0.333. The minimum absolute atomic E-state index is 0.0677. The minimum Gasteiger partial charge on any atom is -0.462 e. The second-order valence-electron chi connectivity index (χ2n) is 6.11. The first kappa shape index (κ1) is 19.5. The van der Waals surface area contributed by atoms with Crippen molar-refractivity contribution in [1.29, 1.82) is 0 Å². The Kier molecular flexibility index (Phi) is 5.64. The van der Waals surface area contributed by atoms with Crippen LogP contribution in [0.15, 0.2) is 40.6 Å². The average molecular weight is 409 g/mol. The monoisotopic (exact) mass is 408 g/mol. The Morgan fingerprint density at radius 3 is 2.48 bits per heavy atom. The maximum absolute atomic E-state index is 12.5. The lowest BCUT2D eigenvalue weighted by molar-refractivity contribution is 0.0528. The van der Waals surface area contributed by atoms with E-state index in [4.69, 9.17) is 4.74 Å². The molecule has 1 fully saturated rings. The van der Waals surface area contributed by atoms with Crippen molar-refractivity contribution in [2.45, 2.75) is 30.7 Å². The molecule has 0 bridgehead atoms. The molecule has 2 aromatic rings. The summed E-state index contributed by atoms with van der Waals surface area (Å²) < 4.78 is 31.3. The van der Waals surface area contributed by atoms with Gasteiger partial charge < -0.3 is 10.1 Å². The average Bonchev–Trinajstić information content (AvgIpc) is 3.40. The molecule has 0 aliphatic heterocycles. The van der Waals surface area contributed by atoms with Crippen molar-refractivity contribution in [3.05, 3.63) is 46.8 Å². The highest BCUT2D eigenvalue weighted by Crippen LogP contribution is 2.30. The molecule has 0 spiro atoms. The van der Waals surface area contributed by atoms with E-state index in [9.17, 15) is 18.0 Å². The van der Waals surface area contributed by atoms with Crippen LogP contribution >= 0.6 is 11.3 Å². The van der Waals surface area contributed by atoms with Crippen molar-refractivity contribution in [1.82, 2.24) is 4.31 Å². The van der Waals surface area contributed by atoms with Crippen LogP contribution in [0.1, 0.15) is 40.5 Å². The molecule has 9 heteroatoms. The number of ether oxygens (including phenoxy) is 1. The zero-order chi connectivity index (χ0) is 19.6. The number of nitrogens with one attached hydrogen (secondary N) is 1. The van der Waals surface area contributed by atoms with Crippen LogP contribution in [0.5, 0.6) is 0 Å². The number of hydrogen-bond acceptors (Lipinski definition) is 6. The molecule has 0 atom stereocenters. The molecule has 1 heterocycles. The molecular weight excluding hydrogens is 388 g/mol. The first-order valence-electron chi connectivity index (χ1n) is 8.48. The summed E-state index contributed by atoms with van der Waals surface area (Å²) in [5, 5.41) is 4.75. The highest BCUT2D eigenvalue weighted by molar-refractivity contribution is 7.89. The number of anilines is 1. The van der Waals surface area contributed by atoms with Gasteiger partial charge >= 0.3 is 5.97 Å². The lowest BCUT2D eigenvalue weighted by Gasteiger charge is -2.16. The van der Waals surface area contributed by atoms with E-state index in [-0.39, 0.29) is 17.5 Å². The number of thiophene rings is 1. The molecule has 144 valence electrons. The van der Waals surface area contributed by atoms with Crippen LogP contribution in [0.4, 0.5) is 5.00 Å². The van der Waals surface area contributed by atoms with Crippen LogP contribution in [-0.2, 0) is 14.8 Å². The smallest absolute Gasteiger partial charge is 0.341 e. The van der Waals surface area contributed by atoms with E-state index < -0.39 is 21.9 Å². The number of sulfonamides is 1. The van der Waals surface area contributed by atoms with Crippen molar-refractivity contribution in [2.24, 2.45) is 0 Å². The van der Waals surface area contributed by atoms with E-state index in [1.807, 2.05) is 0 Å². The number of rotatable bonds is 7. The van der Waals surface area contributed by atoms with Gasteiger partial charge in [0.05, 0.1) is 17.1 Å². The van der Waals surface area contributed by atoms with Gasteiger partial charge in [0.15, 0.2) is 0 Å². The Morgan fingerprint density at radius 2 is 1.89 bits per heavy atom. The maximum Gasteiger partial charge on any atom is 0.341 e. The summed E-state index contributed by atoms with van der Waals surface area (Å²) in [4.78, 5) is 24.5. The number of amides is 1. The largest absolute Gasteiger partial charge is 0.462 e. The van der Waals surface area contributed by atoms with Crippen molar-refractivity contribution in [2.75, 3.05) is 19.0 Å². The molecule has 0 unspecified atom stereocenters. The Balaban J connectivity index is 1.73. The molecule has 1 aliphatic rings. The van der Waals surface area contributed by atoms with E-state index in [0.29, 0.717) is 16.1 Å². The van der Waals surface area contributed by atoms with Gasteiger partial charge in [-0.2, -0.15) is 4.31 Å². The molecule has 3 rings (SSSR count). The van der Waals surface area contributed by atoms with Crippen LogP contribution < -0.4 is 5.32 Å². The van der Waals surface area contributed by atoms with E-state index >= 15 is 0 Å². The number of esters is 1. The predicted molar refractivity (Wildman–Crippen MR) is 103 cm³/mol. The first-order valence-corrected chi connectivity index (χ1v) is 10.8. The fourth-order valence-electron chi connectivity index (χ4n) is 2.53. The topological polar surface area (TPSA) is 92.8 Å². The van der Waals surface area contributed by atoms with E-state index in [1.54, 1.807) is 25.4 Å². The van der Waals surface area contributed by atoms with Crippen LogP contribution in [-0.4, -0.2) is 44.3 Å². The van der Waals surface area contributed by atoms with Crippen LogP contribution in [0.25, 0.3) is 0 Å². The summed E-state index contributed by atoms with van der Waals surface area (Å²) in [5.41, 5.74) is 0.590. The number of nitrogens with zero attached hydrogens (tertiary/aromatic N) is 1. The summed E-state index contributed by atoms with van der Waals surface area (Å²) in [6.45, 7) is 1.95. The maximum atomic E-state index is 12.5. The van der Waals surface area contributed by atoms with Gasteiger partial charge in [-0.25, -0.2) is 13.2 Å². The quantitative estimate of drug-likeness (QED) is 0.711. The number of carbonyl (C=O) groups excluding carboxylic acids is 2. The van der Waals surface area contributed by atoms with Gasteiger partial charge in [-0.05, 0) is 55.5 Å². The molecule has 1 aromatic carbocycles. The first-order chi connectivity index (χ1) is 12.8. The second-order valence-corrected chi connectivity index (χ2v) is 9.03. The van der Waals surface area contributed by atoms with Gasteiger partial charge in [-0.1, -0.05) is 0 Å². The minimum atomic E-state index is -3.55. The predicted octanol–water partition coefficient (Wildman–Crippen LogP) is 2.96. The van der Waals surface area contributed by atoms with Gasteiger partial charge in [0, 0.05) is 18.7 Å². The van der Waals surface area contributed by atoms with Crippen LogP contribution in [0.3, 0.4) is 0 Å². The molecule has 1 amide bonds. The summed E-state index contributed by atoms with van der Waals surface area (Å²) >= 11 is 1.21. The van der Waals surface area contributed by atoms with Crippen molar-refractivity contribution in [3.8, 4) is 0 Å². The summed E-state index contributed by atoms with van der Waals surface area (Å²) in [6.07, 6.45) is 1.75. The summed E-state index contributed by atoms with van der Waals surface area (Å²) in [5.74, 6) is -0.930. The van der Waals surface area contributed by atoms with E-state index in [0.717, 1.165) is 12.8 Å². The highest BCUT2D eigenvalue weighted by Gasteiger charge is 2.35. The third kappa shape index (κ3) is 4.20. The van der Waals surface area contributed by atoms with E-state index in [2.05, 4.69) is 5.32 Å². The van der Waals surface area contributed by atoms with Crippen molar-refractivity contribution >= 4 is 38.2 Å². The fourth-order valence-corrected chi connectivity index (χ4v) is 4.72. The lowest BCUT2D eigenvalue weighted by Crippen LogP contribution is -2.29. The Labute approximate surface area is 162 Å². The lowest BCUT2D eigenvalue weighted by atomic mass is 10.2. The normalized spacial score (nSPS) is 14.2. The molecule has 0 radical (unpaired) electrons. The van der Waals surface area contributed by atoms with E-state index in [1.165, 1.54) is 39.9 Å². The van der Waals surface area contributed by atoms with Gasteiger partial charge in [-0.15, -0.1) is 11.3 Å². The Bertz CT molecular complexity index is 946. The van der Waals surface area contributed by atoms with Crippen molar-refractivity contribution < 1.29 is 22.7 Å². The molecule has 7 nitrogen and oxygen atoms in total. The summed E-state index contributed by atoms with van der Waals surface area (Å²) in [7, 11) is -1.98. The SMILES string of the molecule is CCOC(=O)c1ccsc1NC(=O)c1ccc(S(=O)(=O)N(C)C2CC2)cc1. The third-order valence-electron chi connectivity index (χ3n) is 4.24. The Hall–Kier alpha value is -2.23. The standard InChI is InChI=1S/C18H20N2O5S2/c1-3-25-18(22)15-10-11-26-17(15)19-16(21)12-4-8-14(9-5-12)27(23,24)20(2)13-6-7-13/h4-5,8-11,13H,3,6-7H2,1-2H3,(H,19,21). The second kappa shape index (κ2) is 7.79. The number of carbonyl (C=O) groups is 2. The zero-order valence-corrected chi connectivity index (χ0v) is 16.6. The zero-order valence-electron chi connectivity index (χ0n) is 15.0. The van der Waals surface area contributed by atoms with Crippen molar-refractivity contribution in [3.63, 3.8) is 0 Å². The summed E-state index contributed by atoms with van der Waals surface area (Å²) in [6, 6.07) is 7.41. The molecule has 1 aliphatic carbocycles. The molecular formula is C18H20N2O5S2. The van der Waals surface area contributed by atoms with Gasteiger partial charge in [0.1, 0.15) is 5.00 Å². The molecule has 0 saturated heterocycles. The Morgan fingerprint density at radius 1 is 1.22 bits per heavy atom. The van der Waals surface area contributed by atoms with Crippen LogP contribution in [0.2, 0.25) is 0 Å². The number of benzene rings is 1. The molecule has 1 aromatic heterocycles. The highest BCUT2D eigenvalue weighted by atomic mass is 32.2. The van der Waals surface area contributed by atoms with Gasteiger partial charge in [0.2, 0.25) is 10.0 Å². The number of hydrogen-bond donors (Lipinski definition) is 1. The molecule has 1 saturated carbocycles. The van der Waals surface area contributed by atoms with Crippen LogP contribution in [0, 0.1) is 0 Å². The molecule has 27 heavy (non-hydrogen) atoms.